The van der Waals surface area contributed by atoms with Crippen molar-refractivity contribution in [3.05, 3.63) is 0 Å². The molecule has 4 amide bonds. The fourth-order valence-electron chi connectivity index (χ4n) is 0.258. The Morgan fingerprint density at radius 3 is 1.83 bits per heavy atom. The van der Waals surface area contributed by atoms with E-state index in [-0.39, 0.29) is 0 Å². The van der Waals surface area contributed by atoms with Crippen LogP contribution in [0.4, 0.5) is 9.59 Å². The van der Waals surface area contributed by atoms with E-state index in [1.165, 1.54) is 0 Å². The summed E-state index contributed by atoms with van der Waals surface area (Å²) in [6.07, 6.45) is 1.04. The van der Waals surface area contributed by atoms with Gasteiger partial charge in [-0.15, -0.1) is 0 Å². The van der Waals surface area contributed by atoms with Gasteiger partial charge in [0.25, 0.3) is 0 Å². The molecule has 0 rings (SSSR count). The van der Waals surface area contributed by atoms with Gasteiger partial charge in [-0.1, -0.05) is 13.2 Å². The molecule has 0 aliphatic carbocycles. The topological polar surface area (TPSA) is 98.2 Å². The third kappa shape index (κ3) is 23.1. The second-order valence-corrected chi connectivity index (χ2v) is 1.69. The molecule has 0 saturated carbocycles. The van der Waals surface area contributed by atoms with Crippen LogP contribution < -0.4 is 16.8 Å². The van der Waals surface area contributed by atoms with Crippen molar-refractivity contribution in [1.29, 1.82) is 0 Å². The minimum atomic E-state index is -0.938. The van der Waals surface area contributed by atoms with Crippen molar-refractivity contribution in [3.8, 4) is 0 Å². The molecule has 0 saturated heterocycles. The number of hydrogen-bond donors (Lipinski definition) is 3. The standard InChI is InChI=1S/C2H5B3.C2H5N3O2/c1-2-4-5-3;3-1(6)5-2(4)7/h2H2,1H3;(H5,3,4,5,6,7). The lowest BCUT2D eigenvalue weighted by Crippen LogP contribution is -2.38. The minimum absolute atomic E-state index is 0.937. The number of primary amides is 2. The lowest BCUT2D eigenvalue weighted by atomic mass is 9.27. The lowest BCUT2D eigenvalue weighted by Gasteiger charge is -1.88. The maximum absolute atomic E-state index is 9.62. The Bertz CT molecular complexity index is 130. The van der Waals surface area contributed by atoms with E-state index in [0.29, 0.717) is 0 Å². The van der Waals surface area contributed by atoms with Crippen LogP contribution in [0.25, 0.3) is 0 Å². The molecule has 5 N–H and O–H groups in total. The number of urea groups is 2. The van der Waals surface area contributed by atoms with Gasteiger partial charge in [-0.05, 0) is 0 Å². The number of rotatable bonds is 2. The van der Waals surface area contributed by atoms with Crippen LogP contribution in [0.5, 0.6) is 0 Å². The summed E-state index contributed by atoms with van der Waals surface area (Å²) >= 11 is 0. The van der Waals surface area contributed by atoms with Gasteiger partial charge in [0.1, 0.15) is 0 Å². The van der Waals surface area contributed by atoms with E-state index >= 15 is 0 Å². The van der Waals surface area contributed by atoms with Crippen molar-refractivity contribution in [3.63, 3.8) is 0 Å². The number of nitrogens with one attached hydrogen (secondary N) is 1. The second kappa shape index (κ2) is 9.93. The van der Waals surface area contributed by atoms with Gasteiger partial charge in [0.05, 0.1) is 7.17 Å². The van der Waals surface area contributed by atoms with Crippen LogP contribution in [-0.2, 0) is 0 Å². The van der Waals surface area contributed by atoms with Gasteiger partial charge in [-0.2, -0.15) is 0 Å². The Morgan fingerprint density at radius 2 is 1.83 bits per heavy atom. The fraction of sp³-hybridized carbons (Fsp3) is 0.500. The number of carbonyl (C=O) groups excluding carboxylic acids is 2. The molecule has 0 aromatic carbocycles. The van der Waals surface area contributed by atoms with Crippen LogP contribution in [0.3, 0.4) is 0 Å². The molecule has 0 bridgehead atoms. The highest BCUT2D eigenvalue weighted by Crippen LogP contribution is 1.63. The predicted molar refractivity (Wildman–Crippen MR) is 50.0 cm³/mol. The number of hydrogen-bond acceptors (Lipinski definition) is 2. The molecule has 0 atom stereocenters. The van der Waals surface area contributed by atoms with Gasteiger partial charge in [0, 0.05) is 14.8 Å². The zero-order chi connectivity index (χ0) is 9.98. The normalized spacial score (nSPS) is 7.08. The van der Waals surface area contributed by atoms with Gasteiger partial charge in [0.15, 0.2) is 0 Å². The van der Waals surface area contributed by atoms with E-state index in [4.69, 9.17) is 7.74 Å². The van der Waals surface area contributed by atoms with E-state index in [1.54, 1.807) is 12.4 Å². The molecule has 0 unspecified atom stereocenters. The SMILES string of the molecule is NC(=O)NC(N)=O.[B][B][B]CC. The summed E-state index contributed by atoms with van der Waals surface area (Å²) in [5, 5.41) is 1.58. The lowest BCUT2D eigenvalue weighted by molar-refractivity contribution is 0.236. The molecule has 62 valence electrons. The van der Waals surface area contributed by atoms with Crippen molar-refractivity contribution >= 4 is 34.0 Å². The van der Waals surface area contributed by atoms with Crippen molar-refractivity contribution in [2.75, 3.05) is 0 Å². The van der Waals surface area contributed by atoms with E-state index in [2.05, 4.69) is 11.5 Å². The average Bonchev–Trinajstić information content (AvgIpc) is 1.87. The van der Waals surface area contributed by atoms with E-state index < -0.39 is 12.1 Å². The minimum Gasteiger partial charge on any atom is -0.351 e. The summed E-state index contributed by atoms with van der Waals surface area (Å²) in [4.78, 5) is 19.2. The quantitative estimate of drug-likeness (QED) is 0.436. The molecule has 0 aromatic heterocycles. The summed E-state index contributed by atoms with van der Waals surface area (Å²) in [6.45, 7) is 2.04. The Labute approximate surface area is 74.5 Å². The summed E-state index contributed by atoms with van der Waals surface area (Å²) in [6, 6.07) is -1.88. The largest absolute Gasteiger partial charge is 0.351 e. The summed E-state index contributed by atoms with van der Waals surface area (Å²) in [5.41, 5.74) is 8.88. The van der Waals surface area contributed by atoms with Gasteiger partial charge in [-0.3, -0.25) is 5.32 Å². The van der Waals surface area contributed by atoms with Crippen molar-refractivity contribution in [2.24, 2.45) is 11.5 Å². The highest BCUT2D eigenvalue weighted by atomic mass is 16.2. The molecule has 0 fully saturated rings. The highest BCUT2D eigenvalue weighted by molar-refractivity contribution is 7.23. The highest BCUT2D eigenvalue weighted by Gasteiger charge is 1.92. The van der Waals surface area contributed by atoms with Gasteiger partial charge in [-0.25, -0.2) is 9.59 Å². The second-order valence-electron chi connectivity index (χ2n) is 1.69. The number of nitrogens with two attached hydrogens (primary N) is 2. The molecule has 4 radical (unpaired) electrons. The van der Waals surface area contributed by atoms with E-state index in [1.807, 2.05) is 14.1 Å². The average molecular weight is 165 g/mol. The third-order valence-electron chi connectivity index (χ3n) is 0.618. The summed E-state index contributed by atoms with van der Waals surface area (Å²) in [5.74, 6) is 0. The first-order valence-corrected chi connectivity index (χ1v) is 3.27. The summed E-state index contributed by atoms with van der Waals surface area (Å²) in [7, 11) is 8.42. The molecule has 0 aromatic rings. The monoisotopic (exact) mass is 165 g/mol. The Kier molecular flexibility index (Phi) is 11.2. The zero-order valence-corrected chi connectivity index (χ0v) is 6.91. The molecule has 12 heavy (non-hydrogen) atoms. The Morgan fingerprint density at radius 1 is 1.42 bits per heavy atom. The number of amides is 4. The van der Waals surface area contributed by atoms with Crippen LogP contribution in [0.2, 0.25) is 6.32 Å². The number of imide groups is 1. The fourth-order valence-corrected chi connectivity index (χ4v) is 0.258. The zero-order valence-electron chi connectivity index (χ0n) is 6.91. The molecule has 5 nitrogen and oxygen atoms in total. The van der Waals surface area contributed by atoms with Crippen LogP contribution >= 0.6 is 0 Å². The van der Waals surface area contributed by atoms with Crippen molar-refractivity contribution in [1.82, 2.24) is 5.32 Å². The van der Waals surface area contributed by atoms with Crippen molar-refractivity contribution in [2.45, 2.75) is 13.2 Å². The van der Waals surface area contributed by atoms with Gasteiger partial charge in [0.2, 0.25) is 0 Å². The maximum atomic E-state index is 9.62. The molecule has 0 aliphatic rings. The molecule has 8 heteroatoms. The molecule has 0 aliphatic heterocycles. The van der Waals surface area contributed by atoms with Gasteiger partial charge < -0.3 is 11.5 Å². The van der Waals surface area contributed by atoms with E-state index in [9.17, 15) is 9.59 Å². The molecule has 0 heterocycles. The Hall–Kier alpha value is -1.07. The van der Waals surface area contributed by atoms with Crippen LogP contribution in [0, 0.1) is 0 Å². The molecular weight excluding hydrogens is 154 g/mol. The summed E-state index contributed by atoms with van der Waals surface area (Å²) < 4.78 is 0. The van der Waals surface area contributed by atoms with Crippen LogP contribution in [0.15, 0.2) is 0 Å². The van der Waals surface area contributed by atoms with Gasteiger partial charge >= 0.3 is 12.1 Å². The Balaban J connectivity index is 0. The first-order chi connectivity index (χ1) is 5.54. The van der Waals surface area contributed by atoms with E-state index in [0.717, 1.165) is 6.32 Å². The smallest absolute Gasteiger partial charge is 0.320 e. The van der Waals surface area contributed by atoms with Crippen LogP contribution in [-0.4, -0.2) is 34.0 Å². The predicted octanol–water partition coefficient (Wildman–Crippen LogP) is -1.44. The first kappa shape index (κ1) is 13.5. The van der Waals surface area contributed by atoms with Crippen molar-refractivity contribution < 1.29 is 9.59 Å². The molecular formula is C4H10B3N3O2. The third-order valence-corrected chi connectivity index (χ3v) is 0.618. The maximum Gasteiger partial charge on any atom is 0.320 e. The van der Waals surface area contributed by atoms with Crippen LogP contribution in [0.1, 0.15) is 6.92 Å². The first-order valence-electron chi connectivity index (χ1n) is 3.27. The molecule has 0 spiro atoms. The number of carbonyl (C=O) groups is 2.